The molecule has 4 nitrogen and oxygen atoms in total. The number of hydrogen-bond acceptors (Lipinski definition) is 3. The van der Waals surface area contributed by atoms with Crippen LogP contribution >= 0.6 is 32.9 Å². The van der Waals surface area contributed by atoms with Crippen molar-refractivity contribution >= 4 is 49.8 Å². The number of carboxylic acid groups (broad SMARTS) is 1. The summed E-state index contributed by atoms with van der Waals surface area (Å²) in [7, 11) is 0. The maximum absolute atomic E-state index is 10.9. The molecule has 0 aliphatic carbocycles. The second-order valence-corrected chi connectivity index (χ2v) is 3.84. The number of carboxylic acids is 1. The van der Waals surface area contributed by atoms with Crippen LogP contribution in [0.3, 0.4) is 0 Å². The van der Waals surface area contributed by atoms with E-state index >= 15 is 0 Å². The van der Waals surface area contributed by atoms with Crippen LogP contribution in [0.5, 0.6) is 5.75 Å². The largest absolute Gasteiger partial charge is 0.507 e. The first-order chi connectivity index (χ1) is 7.09. The van der Waals surface area contributed by atoms with Gasteiger partial charge in [0.2, 0.25) is 0 Å². The predicted octanol–water partition coefficient (Wildman–Crippen LogP) is 2.98. The number of aromatic carboxylic acids is 1. The minimum atomic E-state index is -1.01. The summed E-state index contributed by atoms with van der Waals surface area (Å²) in [4.78, 5) is 14.9. The summed E-state index contributed by atoms with van der Waals surface area (Å²) in [5, 5.41) is 18.8. The highest BCUT2D eigenvalue weighted by Gasteiger charge is 2.10. The number of phenolic OH excluding ortho intramolecular Hbond substituents is 1. The molecule has 1 aromatic heterocycles. The van der Waals surface area contributed by atoms with Gasteiger partial charge in [-0.1, -0.05) is 0 Å². The first-order valence-electron chi connectivity index (χ1n) is 4.10. The SMILES string of the molecule is Br.O=C(O)c1ccnc2cc(O)c(Br)cc12. The molecule has 0 unspecified atom stereocenters. The molecule has 0 aliphatic rings. The van der Waals surface area contributed by atoms with Crippen molar-refractivity contribution in [1.82, 2.24) is 4.98 Å². The molecule has 0 fully saturated rings. The lowest BCUT2D eigenvalue weighted by Gasteiger charge is -2.03. The molecule has 2 rings (SSSR count). The van der Waals surface area contributed by atoms with Crippen molar-refractivity contribution in [2.75, 3.05) is 0 Å². The van der Waals surface area contributed by atoms with Crippen LogP contribution in [0, 0.1) is 0 Å². The Morgan fingerprint density at radius 2 is 2.06 bits per heavy atom. The van der Waals surface area contributed by atoms with Crippen molar-refractivity contribution in [3.05, 3.63) is 34.4 Å². The van der Waals surface area contributed by atoms with Crippen molar-refractivity contribution in [1.29, 1.82) is 0 Å². The van der Waals surface area contributed by atoms with Crippen molar-refractivity contribution in [2.45, 2.75) is 0 Å². The quantitative estimate of drug-likeness (QED) is 0.831. The summed E-state index contributed by atoms with van der Waals surface area (Å²) < 4.78 is 0.450. The third-order valence-corrected chi connectivity index (χ3v) is 2.68. The van der Waals surface area contributed by atoms with Gasteiger partial charge in [-0.05, 0) is 28.1 Å². The number of fused-ring (bicyclic) bond motifs is 1. The van der Waals surface area contributed by atoms with Gasteiger partial charge >= 0.3 is 5.97 Å². The van der Waals surface area contributed by atoms with Gasteiger partial charge in [0.05, 0.1) is 15.6 Å². The second-order valence-electron chi connectivity index (χ2n) is 2.98. The molecule has 0 spiro atoms. The average Bonchev–Trinajstić information content (AvgIpc) is 2.18. The molecule has 0 saturated heterocycles. The number of nitrogens with zero attached hydrogens (tertiary/aromatic N) is 1. The Labute approximate surface area is 110 Å². The maximum Gasteiger partial charge on any atom is 0.336 e. The number of benzene rings is 1. The van der Waals surface area contributed by atoms with Gasteiger partial charge in [0, 0.05) is 17.6 Å². The molecule has 0 saturated carbocycles. The topological polar surface area (TPSA) is 70.4 Å². The third-order valence-electron chi connectivity index (χ3n) is 2.04. The number of rotatable bonds is 1. The summed E-state index contributed by atoms with van der Waals surface area (Å²) >= 11 is 3.13. The molecule has 0 atom stereocenters. The monoisotopic (exact) mass is 347 g/mol. The van der Waals surface area contributed by atoms with E-state index in [-0.39, 0.29) is 28.3 Å². The summed E-state index contributed by atoms with van der Waals surface area (Å²) in [5.74, 6) is -0.975. The second kappa shape index (κ2) is 4.80. The maximum atomic E-state index is 10.9. The fourth-order valence-corrected chi connectivity index (χ4v) is 1.69. The van der Waals surface area contributed by atoms with E-state index in [2.05, 4.69) is 20.9 Å². The fraction of sp³-hybridized carbons (Fsp3) is 0. The molecule has 0 amide bonds. The van der Waals surface area contributed by atoms with Crippen LogP contribution in [0.4, 0.5) is 0 Å². The molecule has 2 aromatic rings. The number of pyridine rings is 1. The number of aromatic nitrogens is 1. The molecule has 84 valence electrons. The Morgan fingerprint density at radius 1 is 1.38 bits per heavy atom. The lowest BCUT2D eigenvalue weighted by Crippen LogP contribution is -1.98. The van der Waals surface area contributed by atoms with E-state index in [1.165, 1.54) is 18.3 Å². The lowest BCUT2D eigenvalue weighted by atomic mass is 10.1. The van der Waals surface area contributed by atoms with Gasteiger partial charge in [0.1, 0.15) is 5.75 Å². The average molecular weight is 349 g/mol. The highest BCUT2D eigenvalue weighted by atomic mass is 79.9. The van der Waals surface area contributed by atoms with Gasteiger partial charge in [-0.15, -0.1) is 17.0 Å². The van der Waals surface area contributed by atoms with Crippen molar-refractivity contribution < 1.29 is 15.0 Å². The zero-order valence-electron chi connectivity index (χ0n) is 7.85. The number of carbonyl (C=O) groups is 1. The fourth-order valence-electron chi connectivity index (χ4n) is 1.34. The predicted molar refractivity (Wildman–Crippen MR) is 68.4 cm³/mol. The third kappa shape index (κ3) is 2.17. The van der Waals surface area contributed by atoms with Crippen molar-refractivity contribution in [2.24, 2.45) is 0 Å². The molecule has 0 aliphatic heterocycles. The Morgan fingerprint density at radius 3 is 2.69 bits per heavy atom. The first-order valence-corrected chi connectivity index (χ1v) is 4.89. The van der Waals surface area contributed by atoms with Crippen LogP contribution in [-0.2, 0) is 0 Å². The van der Waals surface area contributed by atoms with Crippen LogP contribution in [0.1, 0.15) is 10.4 Å². The highest BCUT2D eigenvalue weighted by Crippen LogP contribution is 2.29. The molecule has 0 radical (unpaired) electrons. The van der Waals surface area contributed by atoms with Gasteiger partial charge in [-0.2, -0.15) is 0 Å². The number of hydrogen-bond donors (Lipinski definition) is 2. The lowest BCUT2D eigenvalue weighted by molar-refractivity contribution is 0.0699. The Balaban J connectivity index is 0.00000128. The molecular weight excluding hydrogens is 342 g/mol. The molecular formula is C10H7Br2NO3. The Kier molecular flexibility index (Phi) is 3.88. The molecule has 1 heterocycles. The van der Waals surface area contributed by atoms with Crippen LogP contribution in [0.2, 0.25) is 0 Å². The molecule has 2 N–H and O–H groups in total. The number of aromatic hydroxyl groups is 1. The summed E-state index contributed by atoms with van der Waals surface area (Å²) in [6.45, 7) is 0. The van der Waals surface area contributed by atoms with E-state index in [9.17, 15) is 9.90 Å². The van der Waals surface area contributed by atoms with Crippen LogP contribution < -0.4 is 0 Å². The van der Waals surface area contributed by atoms with E-state index in [0.717, 1.165) is 0 Å². The first kappa shape index (κ1) is 12.9. The minimum Gasteiger partial charge on any atom is -0.507 e. The zero-order valence-corrected chi connectivity index (χ0v) is 11.1. The zero-order chi connectivity index (χ0) is 11.0. The smallest absolute Gasteiger partial charge is 0.336 e. The normalized spacial score (nSPS) is 9.81. The summed E-state index contributed by atoms with van der Waals surface area (Å²) in [5.41, 5.74) is 0.622. The van der Waals surface area contributed by atoms with Gasteiger partial charge in [0.25, 0.3) is 0 Å². The Bertz CT molecular complexity index is 557. The van der Waals surface area contributed by atoms with Crippen LogP contribution in [0.25, 0.3) is 10.9 Å². The molecule has 6 heteroatoms. The standard InChI is InChI=1S/C10H6BrNO3.BrH/c11-7-3-6-5(10(14)15)1-2-12-8(6)4-9(7)13;/h1-4,13H,(H,14,15);1H. The molecule has 1 aromatic carbocycles. The van der Waals surface area contributed by atoms with E-state index < -0.39 is 5.97 Å². The van der Waals surface area contributed by atoms with Crippen molar-refractivity contribution in [3.63, 3.8) is 0 Å². The van der Waals surface area contributed by atoms with E-state index in [0.29, 0.717) is 15.4 Å². The van der Waals surface area contributed by atoms with Crippen LogP contribution in [0.15, 0.2) is 28.9 Å². The van der Waals surface area contributed by atoms with Crippen molar-refractivity contribution in [3.8, 4) is 5.75 Å². The van der Waals surface area contributed by atoms with Gasteiger partial charge in [-0.25, -0.2) is 4.79 Å². The van der Waals surface area contributed by atoms with Gasteiger partial charge in [0.15, 0.2) is 0 Å². The summed E-state index contributed by atoms with van der Waals surface area (Å²) in [6, 6.07) is 4.39. The highest BCUT2D eigenvalue weighted by molar-refractivity contribution is 9.10. The number of phenols is 1. The minimum absolute atomic E-state index is 0. The number of halogens is 2. The van der Waals surface area contributed by atoms with Crippen LogP contribution in [-0.4, -0.2) is 21.2 Å². The summed E-state index contributed by atoms with van der Waals surface area (Å²) in [6.07, 6.45) is 1.40. The van der Waals surface area contributed by atoms with E-state index in [4.69, 9.17) is 5.11 Å². The molecule has 16 heavy (non-hydrogen) atoms. The van der Waals surface area contributed by atoms with E-state index in [1.54, 1.807) is 6.07 Å². The van der Waals surface area contributed by atoms with Gasteiger partial charge in [-0.3, -0.25) is 4.98 Å². The van der Waals surface area contributed by atoms with E-state index in [1.807, 2.05) is 0 Å². The van der Waals surface area contributed by atoms with Gasteiger partial charge < -0.3 is 10.2 Å². The Hall–Kier alpha value is -1.14. The molecule has 0 bridgehead atoms.